The van der Waals surface area contributed by atoms with E-state index in [-0.39, 0.29) is 30.3 Å². The Balaban J connectivity index is 1.45. The second kappa shape index (κ2) is 6.41. The number of hydrogen-bond acceptors (Lipinski definition) is 3. The number of rotatable bonds is 3. The number of nitrogens with zero attached hydrogens (tertiary/aromatic N) is 1. The third-order valence-electron chi connectivity index (χ3n) is 4.75. The molecule has 2 aromatic rings. The van der Waals surface area contributed by atoms with Crippen LogP contribution in [0.1, 0.15) is 12.0 Å². The van der Waals surface area contributed by atoms with Gasteiger partial charge in [0, 0.05) is 17.6 Å². The molecule has 2 aliphatic heterocycles. The fourth-order valence-corrected chi connectivity index (χ4v) is 3.80. The Labute approximate surface area is 151 Å². The predicted octanol–water partition coefficient (Wildman–Crippen LogP) is 2.60. The summed E-state index contributed by atoms with van der Waals surface area (Å²) in [5.74, 6) is -0.0896. The first-order valence-electron chi connectivity index (χ1n) is 8.31. The first-order valence-corrected chi connectivity index (χ1v) is 8.69. The molecule has 0 unspecified atom stereocenters. The zero-order chi connectivity index (χ0) is 17.4. The summed E-state index contributed by atoms with van der Waals surface area (Å²) in [5.41, 5.74) is 2.64. The van der Waals surface area contributed by atoms with E-state index in [1.54, 1.807) is 6.07 Å². The number of fused-ring (bicyclic) bond motifs is 3. The maximum atomic E-state index is 12.4. The molecule has 0 spiro atoms. The van der Waals surface area contributed by atoms with Crippen LogP contribution in [0.3, 0.4) is 0 Å². The summed E-state index contributed by atoms with van der Waals surface area (Å²) in [6, 6.07) is 14.8. The van der Waals surface area contributed by atoms with Crippen molar-refractivity contribution in [3.63, 3.8) is 0 Å². The number of carbonyl (C=O) groups is 2. The van der Waals surface area contributed by atoms with Gasteiger partial charge in [-0.3, -0.25) is 9.59 Å². The normalized spacial score (nSPS) is 21.3. The Kier molecular flexibility index (Phi) is 4.09. The molecule has 0 bridgehead atoms. The summed E-state index contributed by atoms with van der Waals surface area (Å²) >= 11 is 6.12. The zero-order valence-electron chi connectivity index (χ0n) is 13.5. The van der Waals surface area contributed by atoms with Crippen molar-refractivity contribution < 1.29 is 9.59 Å². The van der Waals surface area contributed by atoms with Crippen LogP contribution in [0.2, 0.25) is 5.02 Å². The Hall–Kier alpha value is -2.53. The molecule has 2 amide bonds. The van der Waals surface area contributed by atoms with Gasteiger partial charge < -0.3 is 15.5 Å². The lowest BCUT2D eigenvalue weighted by Gasteiger charge is -2.32. The van der Waals surface area contributed by atoms with Crippen molar-refractivity contribution in [1.29, 1.82) is 0 Å². The zero-order valence-corrected chi connectivity index (χ0v) is 14.3. The lowest BCUT2D eigenvalue weighted by Crippen LogP contribution is -2.44. The Morgan fingerprint density at radius 1 is 1.20 bits per heavy atom. The van der Waals surface area contributed by atoms with Crippen molar-refractivity contribution in [2.45, 2.75) is 24.9 Å². The van der Waals surface area contributed by atoms with Crippen LogP contribution in [-0.2, 0) is 16.0 Å². The van der Waals surface area contributed by atoms with Gasteiger partial charge in [-0.1, -0.05) is 41.9 Å². The van der Waals surface area contributed by atoms with E-state index in [0.717, 1.165) is 16.9 Å². The molecule has 0 saturated carbocycles. The molecule has 1 fully saturated rings. The third-order valence-corrected chi connectivity index (χ3v) is 5.12. The van der Waals surface area contributed by atoms with E-state index >= 15 is 0 Å². The average molecular weight is 356 g/mol. The van der Waals surface area contributed by atoms with Gasteiger partial charge in [-0.2, -0.15) is 0 Å². The minimum Gasteiger partial charge on any atom is -0.356 e. The van der Waals surface area contributed by atoms with Crippen LogP contribution in [0.4, 0.5) is 11.4 Å². The van der Waals surface area contributed by atoms with E-state index in [0.29, 0.717) is 18.0 Å². The summed E-state index contributed by atoms with van der Waals surface area (Å²) in [7, 11) is 0. The van der Waals surface area contributed by atoms with Crippen molar-refractivity contribution in [3.05, 3.63) is 59.1 Å². The highest BCUT2D eigenvalue weighted by Crippen LogP contribution is 2.36. The summed E-state index contributed by atoms with van der Waals surface area (Å²) in [6.45, 7) is 0.628. The number of benzene rings is 2. The summed E-state index contributed by atoms with van der Waals surface area (Å²) in [6.07, 6.45) is 0.845. The molecule has 2 heterocycles. The van der Waals surface area contributed by atoms with Crippen LogP contribution in [0.5, 0.6) is 0 Å². The number of halogens is 1. The van der Waals surface area contributed by atoms with Gasteiger partial charge in [0.2, 0.25) is 11.8 Å². The molecule has 25 heavy (non-hydrogen) atoms. The minimum atomic E-state index is -0.236. The van der Waals surface area contributed by atoms with Crippen molar-refractivity contribution in [2.24, 2.45) is 0 Å². The molecule has 2 aliphatic rings. The molecule has 128 valence electrons. The quantitative estimate of drug-likeness (QED) is 0.889. The first kappa shape index (κ1) is 16.0. The van der Waals surface area contributed by atoms with Gasteiger partial charge in [-0.25, -0.2) is 0 Å². The SMILES string of the molecule is O=C(Cc1ccccc1Cl)N[C@H]1C[C@@H]2C(=O)Nc3ccccc3N2C1. The number of anilines is 2. The highest BCUT2D eigenvalue weighted by Gasteiger charge is 2.41. The van der Waals surface area contributed by atoms with E-state index in [4.69, 9.17) is 11.6 Å². The largest absolute Gasteiger partial charge is 0.356 e. The smallest absolute Gasteiger partial charge is 0.247 e. The third kappa shape index (κ3) is 3.07. The minimum absolute atomic E-state index is 0.0125. The number of nitrogens with one attached hydrogen (secondary N) is 2. The molecule has 2 N–H and O–H groups in total. The Bertz CT molecular complexity index is 839. The van der Waals surface area contributed by atoms with Crippen LogP contribution in [0, 0.1) is 0 Å². The molecule has 2 atom stereocenters. The topological polar surface area (TPSA) is 61.4 Å². The maximum Gasteiger partial charge on any atom is 0.247 e. The second-order valence-corrected chi connectivity index (χ2v) is 6.85. The standard InChI is InChI=1S/C19H18ClN3O2/c20-14-6-2-1-5-12(14)9-18(24)21-13-10-17-19(25)22-15-7-3-4-8-16(15)23(17)11-13/h1-8,13,17H,9-11H2,(H,21,24)(H,22,25)/t13-,17+/m0/s1. The van der Waals surface area contributed by atoms with E-state index in [1.165, 1.54) is 0 Å². The maximum absolute atomic E-state index is 12.4. The lowest BCUT2D eigenvalue weighted by atomic mass is 10.1. The lowest BCUT2D eigenvalue weighted by molar-refractivity contribution is -0.121. The number of hydrogen-bond donors (Lipinski definition) is 2. The van der Waals surface area contributed by atoms with E-state index in [9.17, 15) is 9.59 Å². The van der Waals surface area contributed by atoms with Gasteiger partial charge in [0.15, 0.2) is 0 Å². The van der Waals surface area contributed by atoms with Crippen LogP contribution in [0.25, 0.3) is 0 Å². The van der Waals surface area contributed by atoms with Gasteiger partial charge >= 0.3 is 0 Å². The molecule has 0 aliphatic carbocycles. The monoisotopic (exact) mass is 355 g/mol. The van der Waals surface area contributed by atoms with Crippen molar-refractivity contribution >= 4 is 34.8 Å². The van der Waals surface area contributed by atoms with Gasteiger partial charge in [0.25, 0.3) is 0 Å². The van der Waals surface area contributed by atoms with Gasteiger partial charge in [-0.05, 0) is 30.2 Å². The Morgan fingerprint density at radius 2 is 1.96 bits per heavy atom. The van der Waals surface area contributed by atoms with Crippen LogP contribution < -0.4 is 15.5 Å². The molecule has 1 saturated heterocycles. The number of para-hydroxylation sites is 2. The average Bonchev–Trinajstić information content (AvgIpc) is 3.01. The Morgan fingerprint density at radius 3 is 2.80 bits per heavy atom. The van der Waals surface area contributed by atoms with Gasteiger partial charge in [0.05, 0.1) is 17.8 Å². The van der Waals surface area contributed by atoms with Crippen LogP contribution in [0.15, 0.2) is 48.5 Å². The van der Waals surface area contributed by atoms with Crippen LogP contribution in [-0.4, -0.2) is 30.4 Å². The number of amides is 2. The number of carbonyl (C=O) groups excluding carboxylic acids is 2. The van der Waals surface area contributed by atoms with Crippen molar-refractivity contribution in [1.82, 2.24) is 5.32 Å². The fraction of sp³-hybridized carbons (Fsp3) is 0.263. The van der Waals surface area contributed by atoms with Crippen LogP contribution >= 0.6 is 11.6 Å². The fourth-order valence-electron chi connectivity index (χ4n) is 3.59. The molecule has 0 radical (unpaired) electrons. The van der Waals surface area contributed by atoms with Crippen molar-refractivity contribution in [2.75, 3.05) is 16.8 Å². The molecule has 6 heteroatoms. The van der Waals surface area contributed by atoms with Gasteiger partial charge in [0.1, 0.15) is 6.04 Å². The molecule has 2 aromatic carbocycles. The van der Waals surface area contributed by atoms with E-state index in [2.05, 4.69) is 15.5 Å². The first-order chi connectivity index (χ1) is 12.1. The summed E-state index contributed by atoms with van der Waals surface area (Å²) < 4.78 is 0. The molecule has 0 aromatic heterocycles. The molecule has 4 rings (SSSR count). The summed E-state index contributed by atoms with van der Waals surface area (Å²) in [5, 5.41) is 6.58. The summed E-state index contributed by atoms with van der Waals surface area (Å²) in [4.78, 5) is 26.8. The predicted molar refractivity (Wildman–Crippen MR) is 97.9 cm³/mol. The molecular formula is C19H18ClN3O2. The van der Waals surface area contributed by atoms with Crippen molar-refractivity contribution in [3.8, 4) is 0 Å². The highest BCUT2D eigenvalue weighted by atomic mass is 35.5. The second-order valence-electron chi connectivity index (χ2n) is 6.44. The molecule has 5 nitrogen and oxygen atoms in total. The van der Waals surface area contributed by atoms with E-state index < -0.39 is 0 Å². The van der Waals surface area contributed by atoms with Gasteiger partial charge in [-0.15, -0.1) is 0 Å². The molecular weight excluding hydrogens is 338 g/mol. The van der Waals surface area contributed by atoms with E-state index in [1.807, 2.05) is 42.5 Å². The highest BCUT2D eigenvalue weighted by molar-refractivity contribution is 6.31.